The van der Waals surface area contributed by atoms with Crippen molar-refractivity contribution in [2.45, 2.75) is 32.5 Å². The second kappa shape index (κ2) is 7.85. The van der Waals surface area contributed by atoms with Gasteiger partial charge in [-0.25, -0.2) is 0 Å². The van der Waals surface area contributed by atoms with Crippen molar-refractivity contribution in [3.8, 4) is 0 Å². The van der Waals surface area contributed by atoms with Gasteiger partial charge in [-0.05, 0) is 67.6 Å². The summed E-state index contributed by atoms with van der Waals surface area (Å²) in [5, 5.41) is 14.9. The van der Waals surface area contributed by atoms with Crippen LogP contribution in [-0.4, -0.2) is 11.1 Å². The number of hydrogen-bond donors (Lipinski definition) is 1. The Balaban J connectivity index is 2.28. The van der Waals surface area contributed by atoms with E-state index in [-0.39, 0.29) is 5.69 Å². The maximum Gasteiger partial charge on any atom is 0.269 e. The highest BCUT2D eigenvalue weighted by atomic mass is 35.5. The van der Waals surface area contributed by atoms with Crippen LogP contribution in [0.25, 0.3) is 0 Å². The molecule has 0 saturated carbocycles. The lowest BCUT2D eigenvalue weighted by Gasteiger charge is -2.19. The van der Waals surface area contributed by atoms with Crippen LogP contribution in [0.5, 0.6) is 0 Å². The second-order valence-electron chi connectivity index (χ2n) is 5.80. The Morgan fingerprint density at radius 1 is 1.04 bits per heavy atom. The fourth-order valence-corrected chi connectivity index (χ4v) is 3.38. The second-order valence-corrected chi connectivity index (χ2v) is 6.90. The van der Waals surface area contributed by atoms with Crippen molar-refractivity contribution in [3.05, 3.63) is 67.8 Å². The molecule has 0 unspecified atom stereocenters. The first-order valence-corrected chi connectivity index (χ1v) is 8.53. The van der Waals surface area contributed by atoms with Crippen LogP contribution in [0.4, 0.5) is 11.4 Å². The van der Waals surface area contributed by atoms with Crippen molar-refractivity contribution in [2.75, 3.05) is 5.43 Å². The van der Waals surface area contributed by atoms with Crippen LogP contribution >= 0.6 is 23.2 Å². The monoisotopic (exact) mass is 379 g/mol. The summed E-state index contributed by atoms with van der Waals surface area (Å²) in [5.41, 5.74) is 9.78. The molecule has 0 aliphatic carbocycles. The van der Waals surface area contributed by atoms with Crippen LogP contribution < -0.4 is 5.43 Å². The van der Waals surface area contributed by atoms with E-state index in [0.29, 0.717) is 5.69 Å². The van der Waals surface area contributed by atoms with Gasteiger partial charge in [0.15, 0.2) is 0 Å². The van der Waals surface area contributed by atoms with E-state index in [1.165, 1.54) is 12.1 Å². The summed E-state index contributed by atoms with van der Waals surface area (Å²) >= 11 is 12.2. The van der Waals surface area contributed by atoms with Gasteiger partial charge in [-0.15, -0.1) is 23.2 Å². The molecule has 0 saturated heterocycles. The van der Waals surface area contributed by atoms with E-state index in [9.17, 15) is 10.1 Å². The van der Waals surface area contributed by atoms with Gasteiger partial charge in [0.05, 0.1) is 16.8 Å². The van der Waals surface area contributed by atoms with E-state index >= 15 is 0 Å². The number of nitrogens with zero attached hydrogens (tertiary/aromatic N) is 2. The predicted molar refractivity (Wildman–Crippen MR) is 104 cm³/mol. The summed E-state index contributed by atoms with van der Waals surface area (Å²) < 4.78 is 0. The Morgan fingerprint density at radius 3 is 2.00 bits per heavy atom. The molecule has 0 aliphatic heterocycles. The summed E-state index contributed by atoms with van der Waals surface area (Å²) in [5.74, 6) is 0. The highest BCUT2D eigenvalue weighted by Crippen LogP contribution is 2.35. The first-order chi connectivity index (χ1) is 11.7. The van der Waals surface area contributed by atoms with Gasteiger partial charge in [0, 0.05) is 17.7 Å². The average Bonchev–Trinajstić information content (AvgIpc) is 2.56. The molecule has 0 atom stereocenters. The van der Waals surface area contributed by atoms with E-state index in [1.54, 1.807) is 18.3 Å². The zero-order valence-corrected chi connectivity index (χ0v) is 15.9. The Morgan fingerprint density at radius 2 is 1.56 bits per heavy atom. The fraction of sp³-hybridized carbons (Fsp3) is 0.278. The third kappa shape index (κ3) is 4.11. The molecule has 132 valence electrons. The fourth-order valence-electron chi connectivity index (χ4n) is 2.72. The van der Waals surface area contributed by atoms with Gasteiger partial charge in [0.2, 0.25) is 0 Å². The van der Waals surface area contributed by atoms with Gasteiger partial charge in [-0.2, -0.15) is 5.10 Å². The molecular weight excluding hydrogens is 361 g/mol. The molecule has 2 aromatic rings. The molecule has 0 fully saturated rings. The molecule has 1 N–H and O–H groups in total. The van der Waals surface area contributed by atoms with Crippen LogP contribution in [0.1, 0.15) is 38.2 Å². The molecule has 5 nitrogen and oxygen atoms in total. The normalized spacial score (nSPS) is 11.3. The number of halogens is 2. The van der Waals surface area contributed by atoms with Crippen LogP contribution in [0, 0.1) is 37.8 Å². The average molecular weight is 380 g/mol. The number of nitro benzene ring substituents is 1. The summed E-state index contributed by atoms with van der Waals surface area (Å²) in [7, 11) is 0. The minimum atomic E-state index is -0.568. The molecule has 7 heteroatoms. The van der Waals surface area contributed by atoms with Crippen molar-refractivity contribution in [1.29, 1.82) is 0 Å². The highest BCUT2D eigenvalue weighted by Gasteiger charge is 2.17. The first kappa shape index (κ1) is 19.2. The number of hydrazone groups is 1. The lowest BCUT2D eigenvalue weighted by molar-refractivity contribution is -0.384. The SMILES string of the molecule is Cc1c(C)c(C(Cl)Cl)c(C)c(C)c1C=NNc1ccc([N+](=O)[O-])cc1. The van der Waals surface area contributed by atoms with Crippen molar-refractivity contribution < 1.29 is 4.92 Å². The first-order valence-electron chi connectivity index (χ1n) is 7.66. The zero-order chi connectivity index (χ0) is 18.7. The number of nitro groups is 1. The molecular formula is C18H19Cl2N3O2. The van der Waals surface area contributed by atoms with E-state index in [2.05, 4.69) is 10.5 Å². The van der Waals surface area contributed by atoms with E-state index in [1.807, 2.05) is 27.7 Å². The number of rotatable bonds is 5. The van der Waals surface area contributed by atoms with Crippen LogP contribution in [-0.2, 0) is 0 Å². The lowest BCUT2D eigenvalue weighted by Crippen LogP contribution is -2.05. The highest BCUT2D eigenvalue weighted by molar-refractivity contribution is 6.44. The zero-order valence-electron chi connectivity index (χ0n) is 14.4. The molecule has 0 heterocycles. The van der Waals surface area contributed by atoms with Crippen LogP contribution in [0.3, 0.4) is 0 Å². The number of nitrogens with one attached hydrogen (secondary N) is 1. The molecule has 2 aromatic carbocycles. The number of alkyl halides is 2. The smallest absolute Gasteiger partial charge is 0.269 e. The van der Waals surface area contributed by atoms with Crippen LogP contribution in [0.15, 0.2) is 29.4 Å². The minimum absolute atomic E-state index is 0.0414. The van der Waals surface area contributed by atoms with Gasteiger partial charge in [-0.3, -0.25) is 15.5 Å². The van der Waals surface area contributed by atoms with Crippen LogP contribution in [0.2, 0.25) is 0 Å². The molecule has 0 amide bonds. The maximum absolute atomic E-state index is 10.7. The number of non-ortho nitro benzene ring substituents is 1. The summed E-state index contributed by atoms with van der Waals surface area (Å²) in [6.07, 6.45) is 1.74. The van der Waals surface area contributed by atoms with Gasteiger partial charge in [-0.1, -0.05) is 0 Å². The third-order valence-corrected chi connectivity index (χ3v) is 4.86. The predicted octanol–water partition coefficient (Wildman–Crippen LogP) is 5.75. The molecule has 25 heavy (non-hydrogen) atoms. The van der Waals surface area contributed by atoms with Gasteiger partial charge in [0.25, 0.3) is 5.69 Å². The topological polar surface area (TPSA) is 67.5 Å². The summed E-state index contributed by atoms with van der Waals surface area (Å²) in [4.78, 5) is 9.66. The quantitative estimate of drug-likeness (QED) is 0.311. The lowest BCUT2D eigenvalue weighted by atomic mass is 9.90. The van der Waals surface area contributed by atoms with E-state index < -0.39 is 9.76 Å². The van der Waals surface area contributed by atoms with Gasteiger partial charge in [0.1, 0.15) is 4.84 Å². The van der Waals surface area contributed by atoms with Crippen molar-refractivity contribution in [3.63, 3.8) is 0 Å². The Labute approximate surface area is 156 Å². The molecule has 2 rings (SSSR count). The number of hydrogen-bond acceptors (Lipinski definition) is 4. The molecule has 0 radical (unpaired) electrons. The molecule has 0 bridgehead atoms. The third-order valence-electron chi connectivity index (χ3n) is 4.42. The summed E-state index contributed by atoms with van der Waals surface area (Å²) in [6.45, 7) is 8.01. The van der Waals surface area contributed by atoms with E-state index in [4.69, 9.17) is 23.2 Å². The molecule has 0 spiro atoms. The van der Waals surface area contributed by atoms with Gasteiger partial charge >= 0.3 is 0 Å². The van der Waals surface area contributed by atoms with Gasteiger partial charge < -0.3 is 0 Å². The minimum Gasteiger partial charge on any atom is -0.278 e. The van der Waals surface area contributed by atoms with Crippen molar-refractivity contribution in [1.82, 2.24) is 0 Å². The Kier molecular flexibility index (Phi) is 6.03. The molecule has 0 aliphatic rings. The largest absolute Gasteiger partial charge is 0.278 e. The summed E-state index contributed by atoms with van der Waals surface area (Å²) in [6, 6.07) is 6.08. The standard InChI is InChI=1S/C18H19Cl2N3O2/c1-10-12(3)17(18(19)20)13(4)11(2)16(10)9-21-22-14-5-7-15(8-6-14)23(24)25/h5-9,18,22H,1-4H3. The Bertz CT molecular complexity index is 802. The number of benzene rings is 2. The van der Waals surface area contributed by atoms with E-state index in [0.717, 1.165) is 33.4 Å². The van der Waals surface area contributed by atoms with Crippen molar-refractivity contribution >= 4 is 40.8 Å². The Hall–Kier alpha value is -2.11. The van der Waals surface area contributed by atoms with Crippen molar-refractivity contribution in [2.24, 2.45) is 5.10 Å². The maximum atomic E-state index is 10.7. The molecule has 0 aromatic heterocycles. The number of anilines is 1.